The van der Waals surface area contributed by atoms with Crippen LogP contribution < -0.4 is 5.32 Å². The molecular formula is C18H27BrN2O2. The third-order valence-electron chi connectivity index (χ3n) is 4.59. The van der Waals surface area contributed by atoms with Gasteiger partial charge in [0.1, 0.15) is 0 Å². The zero-order chi connectivity index (χ0) is 16.7. The van der Waals surface area contributed by atoms with E-state index in [0.29, 0.717) is 12.6 Å². The van der Waals surface area contributed by atoms with E-state index in [0.717, 1.165) is 43.2 Å². The lowest BCUT2D eigenvalue weighted by molar-refractivity contribution is -0.137. The third kappa shape index (κ3) is 5.59. The van der Waals surface area contributed by atoms with Gasteiger partial charge in [-0.2, -0.15) is 0 Å². The van der Waals surface area contributed by atoms with E-state index in [2.05, 4.69) is 33.4 Å². The van der Waals surface area contributed by atoms with Gasteiger partial charge in [-0.25, -0.2) is 0 Å². The van der Waals surface area contributed by atoms with Gasteiger partial charge < -0.3 is 15.0 Å². The molecule has 0 radical (unpaired) electrons. The van der Waals surface area contributed by atoms with Gasteiger partial charge in [0.2, 0.25) is 5.91 Å². The van der Waals surface area contributed by atoms with Crippen LogP contribution in [-0.2, 0) is 16.0 Å². The highest BCUT2D eigenvalue weighted by molar-refractivity contribution is 9.10. The van der Waals surface area contributed by atoms with Gasteiger partial charge in [-0.3, -0.25) is 4.79 Å². The first-order chi connectivity index (χ1) is 11.1. The Morgan fingerprint density at radius 3 is 2.83 bits per heavy atom. The van der Waals surface area contributed by atoms with Gasteiger partial charge in [0.25, 0.3) is 0 Å². The minimum atomic E-state index is -0.0239. The van der Waals surface area contributed by atoms with Crippen LogP contribution in [0, 0.1) is 5.92 Å². The van der Waals surface area contributed by atoms with Crippen molar-refractivity contribution in [3.8, 4) is 0 Å². The highest BCUT2D eigenvalue weighted by Gasteiger charge is 2.27. The molecule has 2 rings (SSSR count). The van der Waals surface area contributed by atoms with Crippen LogP contribution >= 0.6 is 15.9 Å². The second-order valence-corrected chi connectivity index (χ2v) is 7.16. The molecule has 1 heterocycles. The van der Waals surface area contributed by atoms with Crippen molar-refractivity contribution in [1.82, 2.24) is 10.2 Å². The van der Waals surface area contributed by atoms with E-state index in [1.54, 1.807) is 7.11 Å². The topological polar surface area (TPSA) is 41.6 Å². The quantitative estimate of drug-likeness (QED) is 0.787. The second kappa shape index (κ2) is 9.40. The molecule has 1 fully saturated rings. The van der Waals surface area contributed by atoms with Crippen molar-refractivity contribution in [2.24, 2.45) is 5.92 Å². The predicted molar refractivity (Wildman–Crippen MR) is 96.5 cm³/mol. The van der Waals surface area contributed by atoms with Gasteiger partial charge in [0, 0.05) is 37.2 Å². The molecule has 0 spiro atoms. The molecule has 23 heavy (non-hydrogen) atoms. The standard InChI is InChI=1S/C18H27BrN2O2/c1-21(17-6-9-20-10-7-17)18(22)15(8-11-23-2)12-14-4-3-5-16(19)13-14/h3-5,13,15,17,20H,6-12H2,1-2H3. The van der Waals surface area contributed by atoms with Gasteiger partial charge in [-0.05, 0) is 56.5 Å². The Balaban J connectivity index is 2.04. The largest absolute Gasteiger partial charge is 0.385 e. The zero-order valence-electron chi connectivity index (χ0n) is 14.1. The molecule has 0 bridgehead atoms. The van der Waals surface area contributed by atoms with E-state index in [9.17, 15) is 4.79 Å². The van der Waals surface area contributed by atoms with Crippen LogP contribution in [-0.4, -0.2) is 50.7 Å². The summed E-state index contributed by atoms with van der Waals surface area (Å²) in [4.78, 5) is 14.9. The minimum Gasteiger partial charge on any atom is -0.385 e. The Morgan fingerprint density at radius 2 is 2.17 bits per heavy atom. The molecule has 128 valence electrons. The van der Waals surface area contributed by atoms with Gasteiger partial charge >= 0.3 is 0 Å². The summed E-state index contributed by atoms with van der Waals surface area (Å²) in [5.74, 6) is 0.220. The molecule has 1 atom stereocenters. The Bertz CT molecular complexity index is 504. The summed E-state index contributed by atoms with van der Waals surface area (Å²) < 4.78 is 6.27. The van der Waals surface area contributed by atoms with Crippen molar-refractivity contribution in [3.05, 3.63) is 34.3 Å². The van der Waals surface area contributed by atoms with Crippen molar-refractivity contribution in [1.29, 1.82) is 0 Å². The normalized spacial score (nSPS) is 17.0. The lowest BCUT2D eigenvalue weighted by Crippen LogP contribution is -2.46. The Kier molecular flexibility index (Phi) is 7.53. The number of carbonyl (C=O) groups is 1. The number of rotatable bonds is 7. The number of carbonyl (C=O) groups excluding carboxylic acids is 1. The molecule has 1 aromatic carbocycles. The molecule has 0 aliphatic carbocycles. The van der Waals surface area contributed by atoms with Crippen molar-refractivity contribution in [3.63, 3.8) is 0 Å². The molecule has 4 nitrogen and oxygen atoms in total. The van der Waals surface area contributed by atoms with Crippen LogP contribution in [0.4, 0.5) is 0 Å². The van der Waals surface area contributed by atoms with Gasteiger partial charge in [0.05, 0.1) is 0 Å². The minimum absolute atomic E-state index is 0.0239. The first-order valence-corrected chi connectivity index (χ1v) is 9.12. The van der Waals surface area contributed by atoms with Crippen LogP contribution in [0.15, 0.2) is 28.7 Å². The monoisotopic (exact) mass is 382 g/mol. The number of hydrogen-bond donors (Lipinski definition) is 1. The lowest BCUT2D eigenvalue weighted by Gasteiger charge is -2.34. The Morgan fingerprint density at radius 1 is 1.43 bits per heavy atom. The van der Waals surface area contributed by atoms with Crippen LogP contribution in [0.25, 0.3) is 0 Å². The van der Waals surface area contributed by atoms with Crippen LogP contribution in [0.5, 0.6) is 0 Å². The van der Waals surface area contributed by atoms with E-state index in [-0.39, 0.29) is 11.8 Å². The van der Waals surface area contributed by atoms with E-state index in [4.69, 9.17) is 4.74 Å². The summed E-state index contributed by atoms with van der Waals surface area (Å²) in [7, 11) is 3.65. The molecule has 1 aromatic rings. The molecule has 1 aliphatic rings. The fourth-order valence-electron chi connectivity index (χ4n) is 3.18. The number of halogens is 1. The van der Waals surface area contributed by atoms with Gasteiger partial charge in [-0.15, -0.1) is 0 Å². The lowest BCUT2D eigenvalue weighted by atomic mass is 9.93. The fourth-order valence-corrected chi connectivity index (χ4v) is 3.63. The number of hydrogen-bond acceptors (Lipinski definition) is 3. The van der Waals surface area contributed by atoms with E-state index < -0.39 is 0 Å². The van der Waals surface area contributed by atoms with Crippen LogP contribution in [0.1, 0.15) is 24.8 Å². The van der Waals surface area contributed by atoms with Gasteiger partial charge in [-0.1, -0.05) is 28.1 Å². The molecule has 1 amide bonds. The maximum Gasteiger partial charge on any atom is 0.226 e. The molecule has 1 aliphatic heterocycles. The summed E-state index contributed by atoms with van der Waals surface area (Å²) in [5, 5.41) is 3.35. The van der Waals surface area contributed by atoms with Crippen molar-refractivity contribution >= 4 is 21.8 Å². The maximum absolute atomic E-state index is 13.0. The van der Waals surface area contributed by atoms with E-state index >= 15 is 0 Å². The summed E-state index contributed by atoms with van der Waals surface area (Å²) in [5.41, 5.74) is 1.19. The molecular weight excluding hydrogens is 356 g/mol. The SMILES string of the molecule is COCCC(Cc1cccc(Br)c1)C(=O)N(C)C1CCNCC1. The smallest absolute Gasteiger partial charge is 0.226 e. The van der Waals surface area contributed by atoms with E-state index in [1.807, 2.05) is 24.1 Å². The fraction of sp³-hybridized carbons (Fsp3) is 0.611. The average molecular weight is 383 g/mol. The molecule has 0 aromatic heterocycles. The van der Waals surface area contributed by atoms with E-state index in [1.165, 1.54) is 5.56 Å². The zero-order valence-corrected chi connectivity index (χ0v) is 15.6. The summed E-state index contributed by atoms with van der Waals surface area (Å²) >= 11 is 3.51. The number of nitrogens with one attached hydrogen (secondary N) is 1. The number of nitrogens with zero attached hydrogens (tertiary/aromatic N) is 1. The first-order valence-electron chi connectivity index (χ1n) is 8.32. The average Bonchev–Trinajstić information content (AvgIpc) is 2.58. The number of ether oxygens (including phenoxy) is 1. The molecule has 5 heteroatoms. The van der Waals surface area contributed by atoms with Crippen molar-refractivity contribution in [2.45, 2.75) is 31.7 Å². The summed E-state index contributed by atoms with van der Waals surface area (Å²) in [6.07, 6.45) is 3.60. The van der Waals surface area contributed by atoms with Crippen LogP contribution in [0.2, 0.25) is 0 Å². The number of methoxy groups -OCH3 is 1. The second-order valence-electron chi connectivity index (χ2n) is 6.24. The third-order valence-corrected chi connectivity index (χ3v) is 5.09. The summed E-state index contributed by atoms with van der Waals surface area (Å²) in [6.45, 7) is 2.61. The van der Waals surface area contributed by atoms with Crippen molar-refractivity contribution in [2.75, 3.05) is 33.9 Å². The molecule has 1 unspecified atom stereocenters. The van der Waals surface area contributed by atoms with Crippen molar-refractivity contribution < 1.29 is 9.53 Å². The summed E-state index contributed by atoms with van der Waals surface area (Å²) in [6, 6.07) is 8.57. The number of amides is 1. The molecule has 0 saturated carbocycles. The molecule has 1 saturated heterocycles. The maximum atomic E-state index is 13.0. The number of benzene rings is 1. The highest BCUT2D eigenvalue weighted by Crippen LogP contribution is 2.21. The van der Waals surface area contributed by atoms with Crippen LogP contribution in [0.3, 0.4) is 0 Å². The molecule has 1 N–H and O–H groups in total. The number of piperidine rings is 1. The highest BCUT2D eigenvalue weighted by atomic mass is 79.9. The Labute approximate surface area is 147 Å². The predicted octanol–water partition coefficient (Wildman–Crippen LogP) is 2.85. The van der Waals surface area contributed by atoms with Gasteiger partial charge in [0.15, 0.2) is 0 Å². The Hall–Kier alpha value is -0.910. The first kappa shape index (κ1) is 18.4.